The van der Waals surface area contributed by atoms with Crippen LogP contribution in [0.15, 0.2) is 35.7 Å². The summed E-state index contributed by atoms with van der Waals surface area (Å²) in [7, 11) is 0. The van der Waals surface area contributed by atoms with Gasteiger partial charge in [-0.2, -0.15) is 0 Å². The maximum absolute atomic E-state index is 10.4. The Morgan fingerprint density at radius 2 is 1.92 bits per heavy atom. The number of aliphatic hydroxyl groups is 1. The largest absolute Gasteiger partial charge is 0.391 e. The molecular weight excluding hydrogens is 342 g/mol. The average Bonchev–Trinajstić information content (AvgIpc) is 3.43. The zero-order valence-corrected chi connectivity index (χ0v) is 15.7. The standard InChI is InChI=1S/C21H23N3OS/c1-13-9-10-24(11-17(13)25)20-18-16(14-5-3-2-4-6-14)12-26-21(18)23-19(22-20)15-7-8-15/h2-6,12-13,15,17,25H,7-11H2,1H3. The quantitative estimate of drug-likeness (QED) is 0.745. The molecule has 1 N–H and O–H groups in total. The van der Waals surface area contributed by atoms with Crippen molar-refractivity contribution in [1.82, 2.24) is 9.97 Å². The number of anilines is 1. The summed E-state index contributed by atoms with van der Waals surface area (Å²) in [5, 5.41) is 13.8. The molecule has 2 aromatic heterocycles. The first-order valence-electron chi connectivity index (χ1n) is 9.48. The molecule has 3 aromatic rings. The minimum atomic E-state index is -0.294. The molecule has 26 heavy (non-hydrogen) atoms. The molecule has 0 spiro atoms. The highest BCUT2D eigenvalue weighted by Crippen LogP contribution is 2.44. The molecule has 1 saturated carbocycles. The lowest BCUT2D eigenvalue weighted by molar-refractivity contribution is 0.102. The van der Waals surface area contributed by atoms with E-state index in [1.165, 1.54) is 24.0 Å². The van der Waals surface area contributed by atoms with Crippen LogP contribution in [-0.4, -0.2) is 34.3 Å². The Morgan fingerprint density at radius 1 is 1.12 bits per heavy atom. The predicted octanol–water partition coefficient (Wildman–Crippen LogP) is 4.44. The molecule has 2 unspecified atom stereocenters. The van der Waals surface area contributed by atoms with E-state index in [0.29, 0.717) is 18.4 Å². The van der Waals surface area contributed by atoms with Gasteiger partial charge in [-0.05, 0) is 30.7 Å². The van der Waals surface area contributed by atoms with E-state index >= 15 is 0 Å². The van der Waals surface area contributed by atoms with Crippen LogP contribution in [0.25, 0.3) is 21.3 Å². The Kier molecular flexibility index (Phi) is 3.94. The van der Waals surface area contributed by atoms with Crippen molar-refractivity contribution < 1.29 is 5.11 Å². The molecule has 1 aliphatic carbocycles. The van der Waals surface area contributed by atoms with Crippen LogP contribution in [0.4, 0.5) is 5.82 Å². The van der Waals surface area contributed by atoms with Crippen LogP contribution >= 0.6 is 11.3 Å². The lowest BCUT2D eigenvalue weighted by atomic mass is 9.95. The molecule has 2 atom stereocenters. The number of benzene rings is 1. The fourth-order valence-electron chi connectivity index (χ4n) is 3.76. The Bertz CT molecular complexity index is 935. The van der Waals surface area contributed by atoms with E-state index in [1.807, 2.05) is 6.07 Å². The number of thiophene rings is 1. The van der Waals surface area contributed by atoms with Gasteiger partial charge in [-0.15, -0.1) is 11.3 Å². The van der Waals surface area contributed by atoms with Crippen molar-refractivity contribution in [2.24, 2.45) is 5.92 Å². The summed E-state index contributed by atoms with van der Waals surface area (Å²) in [6, 6.07) is 10.5. The van der Waals surface area contributed by atoms with Crippen molar-refractivity contribution in [2.45, 2.75) is 38.2 Å². The monoisotopic (exact) mass is 365 g/mol. The smallest absolute Gasteiger partial charge is 0.141 e. The van der Waals surface area contributed by atoms with Crippen LogP contribution in [0.1, 0.15) is 37.9 Å². The SMILES string of the molecule is CC1CCN(c2nc(C3CC3)nc3scc(-c4ccccc4)c23)CC1O. The number of piperidine rings is 1. The number of nitrogens with zero attached hydrogens (tertiary/aromatic N) is 3. The van der Waals surface area contributed by atoms with Crippen molar-refractivity contribution in [2.75, 3.05) is 18.0 Å². The van der Waals surface area contributed by atoms with E-state index in [1.54, 1.807) is 11.3 Å². The number of fused-ring (bicyclic) bond motifs is 1. The Balaban J connectivity index is 1.67. The van der Waals surface area contributed by atoms with Crippen molar-refractivity contribution in [3.05, 3.63) is 41.5 Å². The van der Waals surface area contributed by atoms with Crippen LogP contribution in [0.2, 0.25) is 0 Å². The van der Waals surface area contributed by atoms with E-state index in [-0.39, 0.29) is 6.10 Å². The molecule has 5 rings (SSSR count). The van der Waals surface area contributed by atoms with E-state index in [2.05, 4.69) is 41.5 Å². The van der Waals surface area contributed by atoms with Gasteiger partial charge in [0, 0.05) is 30.0 Å². The topological polar surface area (TPSA) is 49.2 Å². The number of aliphatic hydroxyl groups excluding tert-OH is 1. The second-order valence-electron chi connectivity index (χ2n) is 7.65. The molecule has 4 nitrogen and oxygen atoms in total. The van der Waals surface area contributed by atoms with Crippen LogP contribution in [-0.2, 0) is 0 Å². The molecule has 3 heterocycles. The van der Waals surface area contributed by atoms with Gasteiger partial charge in [-0.1, -0.05) is 37.3 Å². The van der Waals surface area contributed by atoms with Gasteiger partial charge in [0.25, 0.3) is 0 Å². The van der Waals surface area contributed by atoms with Crippen molar-refractivity contribution >= 4 is 27.4 Å². The average molecular weight is 366 g/mol. The molecule has 1 aliphatic heterocycles. The molecule has 5 heteroatoms. The first kappa shape index (κ1) is 16.2. The van der Waals surface area contributed by atoms with E-state index in [9.17, 15) is 5.11 Å². The number of hydrogen-bond donors (Lipinski definition) is 1. The fraction of sp³-hybridized carbons (Fsp3) is 0.429. The maximum Gasteiger partial charge on any atom is 0.141 e. The van der Waals surface area contributed by atoms with E-state index < -0.39 is 0 Å². The Hall–Kier alpha value is -1.98. The number of aromatic nitrogens is 2. The van der Waals surface area contributed by atoms with Gasteiger partial charge >= 0.3 is 0 Å². The van der Waals surface area contributed by atoms with Gasteiger partial charge < -0.3 is 10.0 Å². The van der Waals surface area contributed by atoms with Gasteiger partial charge in [0.05, 0.1) is 11.5 Å². The van der Waals surface area contributed by atoms with Crippen LogP contribution in [0.3, 0.4) is 0 Å². The third-order valence-corrected chi connectivity index (χ3v) is 6.55. The zero-order valence-electron chi connectivity index (χ0n) is 14.9. The number of rotatable bonds is 3. The zero-order chi connectivity index (χ0) is 17.7. The molecule has 2 aliphatic rings. The van der Waals surface area contributed by atoms with E-state index in [0.717, 1.165) is 34.8 Å². The minimum Gasteiger partial charge on any atom is -0.391 e. The van der Waals surface area contributed by atoms with Crippen LogP contribution < -0.4 is 4.90 Å². The van der Waals surface area contributed by atoms with Gasteiger partial charge in [-0.3, -0.25) is 0 Å². The van der Waals surface area contributed by atoms with Crippen molar-refractivity contribution in [3.8, 4) is 11.1 Å². The third kappa shape index (κ3) is 2.79. The van der Waals surface area contributed by atoms with Crippen molar-refractivity contribution in [1.29, 1.82) is 0 Å². The molecule has 0 radical (unpaired) electrons. The van der Waals surface area contributed by atoms with Crippen LogP contribution in [0, 0.1) is 5.92 Å². The number of β-amino-alcohol motifs (C(OH)–C–C–N with tert-alkyl or cyclic N) is 1. The van der Waals surface area contributed by atoms with E-state index in [4.69, 9.17) is 9.97 Å². The lowest BCUT2D eigenvalue weighted by Crippen LogP contribution is -2.43. The highest BCUT2D eigenvalue weighted by Gasteiger charge is 2.31. The fourth-order valence-corrected chi connectivity index (χ4v) is 4.71. The summed E-state index contributed by atoms with van der Waals surface area (Å²) >= 11 is 1.71. The maximum atomic E-state index is 10.4. The highest BCUT2D eigenvalue weighted by atomic mass is 32.1. The summed E-state index contributed by atoms with van der Waals surface area (Å²) < 4.78 is 0. The predicted molar refractivity (Wildman–Crippen MR) is 107 cm³/mol. The molecule has 134 valence electrons. The first-order chi connectivity index (χ1) is 12.7. The molecule has 2 fully saturated rings. The van der Waals surface area contributed by atoms with Gasteiger partial charge in [0.2, 0.25) is 0 Å². The summed E-state index contributed by atoms with van der Waals surface area (Å²) in [4.78, 5) is 13.3. The molecule has 0 amide bonds. The minimum absolute atomic E-state index is 0.294. The molecule has 1 aromatic carbocycles. The Labute approximate surface area is 157 Å². The molecule has 1 saturated heterocycles. The number of hydrogen-bond acceptors (Lipinski definition) is 5. The summed E-state index contributed by atoms with van der Waals surface area (Å²) in [6.45, 7) is 3.73. The molecular formula is C21H23N3OS. The van der Waals surface area contributed by atoms with Gasteiger partial charge in [0.15, 0.2) is 0 Å². The Morgan fingerprint density at radius 3 is 2.65 bits per heavy atom. The summed E-state index contributed by atoms with van der Waals surface area (Å²) in [5.41, 5.74) is 2.41. The van der Waals surface area contributed by atoms with Gasteiger partial charge in [-0.25, -0.2) is 9.97 Å². The lowest BCUT2D eigenvalue weighted by Gasteiger charge is -2.35. The first-order valence-corrected chi connectivity index (χ1v) is 10.4. The van der Waals surface area contributed by atoms with Gasteiger partial charge in [0.1, 0.15) is 16.5 Å². The summed E-state index contributed by atoms with van der Waals surface area (Å²) in [6.07, 6.45) is 3.09. The third-order valence-electron chi connectivity index (χ3n) is 5.68. The highest BCUT2D eigenvalue weighted by molar-refractivity contribution is 7.17. The second-order valence-corrected chi connectivity index (χ2v) is 8.51. The normalized spacial score (nSPS) is 23.5. The van der Waals surface area contributed by atoms with Crippen molar-refractivity contribution in [3.63, 3.8) is 0 Å². The summed E-state index contributed by atoms with van der Waals surface area (Å²) in [5.74, 6) is 2.88. The second kappa shape index (κ2) is 6.32. The van der Waals surface area contributed by atoms with Crippen LogP contribution in [0.5, 0.6) is 0 Å². The molecule has 0 bridgehead atoms.